The van der Waals surface area contributed by atoms with Gasteiger partial charge in [0, 0.05) is 6.92 Å². The summed E-state index contributed by atoms with van der Waals surface area (Å²) < 4.78 is 4.59. The standard InChI is InChI=1S/C8H8O4.Na.H/c1-4-3-6(8(11)12-4)7(10)5(2)9;;/h3,6H,1-2H3;;/q;+1;-1. The van der Waals surface area contributed by atoms with Gasteiger partial charge in [0.15, 0.2) is 5.78 Å². The minimum Gasteiger partial charge on any atom is -1.00 e. The average Bonchev–Trinajstić information content (AvgIpc) is 2.28. The van der Waals surface area contributed by atoms with Gasteiger partial charge >= 0.3 is 35.5 Å². The normalized spacial score (nSPS) is 20.0. The summed E-state index contributed by atoms with van der Waals surface area (Å²) in [7, 11) is 0. The fraction of sp³-hybridized carbons (Fsp3) is 0.375. The zero-order valence-corrected chi connectivity index (χ0v) is 9.79. The Labute approximate surface area is 99.1 Å². The molecule has 4 nitrogen and oxygen atoms in total. The topological polar surface area (TPSA) is 60.4 Å². The summed E-state index contributed by atoms with van der Waals surface area (Å²) in [5, 5.41) is 0. The van der Waals surface area contributed by atoms with E-state index in [2.05, 4.69) is 4.74 Å². The van der Waals surface area contributed by atoms with E-state index < -0.39 is 23.5 Å². The number of carbonyl (C=O) groups is 3. The molecule has 0 aromatic heterocycles. The molecule has 0 aromatic rings. The number of carbonyl (C=O) groups excluding carboxylic acids is 3. The van der Waals surface area contributed by atoms with Crippen LogP contribution >= 0.6 is 0 Å². The van der Waals surface area contributed by atoms with Crippen molar-refractivity contribution in [2.75, 3.05) is 0 Å². The van der Waals surface area contributed by atoms with Crippen molar-refractivity contribution in [1.29, 1.82) is 0 Å². The molecule has 1 atom stereocenters. The van der Waals surface area contributed by atoms with Crippen LogP contribution in [0.15, 0.2) is 11.8 Å². The third kappa shape index (κ3) is 2.76. The molecule has 0 radical (unpaired) electrons. The SMILES string of the molecule is CC(=O)C(=O)C1C=C(C)OC1=O.[H-].[Na+]. The van der Waals surface area contributed by atoms with Crippen molar-refractivity contribution in [2.24, 2.45) is 5.92 Å². The first-order valence-electron chi connectivity index (χ1n) is 3.47. The van der Waals surface area contributed by atoms with Crippen molar-refractivity contribution in [2.45, 2.75) is 13.8 Å². The molecule has 1 aliphatic heterocycles. The van der Waals surface area contributed by atoms with Gasteiger partial charge in [-0.1, -0.05) is 0 Å². The summed E-state index contributed by atoms with van der Waals surface area (Å²) in [5.41, 5.74) is 0. The Hall–Kier alpha value is -0.450. The molecule has 0 aromatic carbocycles. The molecular weight excluding hydrogens is 183 g/mol. The summed E-state index contributed by atoms with van der Waals surface area (Å²) in [4.78, 5) is 32.5. The maximum Gasteiger partial charge on any atom is 1.00 e. The molecule has 0 spiro atoms. The van der Waals surface area contributed by atoms with Gasteiger partial charge in [0.25, 0.3) is 0 Å². The van der Waals surface area contributed by atoms with Crippen molar-refractivity contribution in [3.63, 3.8) is 0 Å². The van der Waals surface area contributed by atoms with Crippen LogP contribution in [0.25, 0.3) is 0 Å². The van der Waals surface area contributed by atoms with E-state index in [0.717, 1.165) is 6.92 Å². The van der Waals surface area contributed by atoms with Crippen LogP contribution in [0.3, 0.4) is 0 Å². The average molecular weight is 192 g/mol. The number of cyclic esters (lactones) is 1. The maximum absolute atomic E-state index is 11.0. The molecular formula is C8H9NaO4. The van der Waals surface area contributed by atoms with Crippen LogP contribution in [0.4, 0.5) is 0 Å². The molecule has 5 heteroatoms. The van der Waals surface area contributed by atoms with Gasteiger partial charge in [-0.25, -0.2) is 0 Å². The maximum atomic E-state index is 11.0. The predicted molar refractivity (Wildman–Crippen MR) is 40.1 cm³/mol. The van der Waals surface area contributed by atoms with Crippen molar-refractivity contribution in [1.82, 2.24) is 0 Å². The zero-order valence-electron chi connectivity index (χ0n) is 8.79. The molecule has 66 valence electrons. The van der Waals surface area contributed by atoms with Gasteiger partial charge in [0.1, 0.15) is 11.7 Å². The smallest absolute Gasteiger partial charge is 1.00 e. The molecule has 1 rings (SSSR count). The fourth-order valence-electron chi connectivity index (χ4n) is 0.961. The van der Waals surface area contributed by atoms with Gasteiger partial charge in [-0.05, 0) is 13.0 Å². The number of hydrogen-bond donors (Lipinski definition) is 0. The Balaban J connectivity index is 0. The first-order valence-corrected chi connectivity index (χ1v) is 3.47. The van der Waals surface area contributed by atoms with Crippen LogP contribution in [-0.2, 0) is 19.1 Å². The Morgan fingerprint density at radius 3 is 2.38 bits per heavy atom. The summed E-state index contributed by atoms with van der Waals surface area (Å²) in [5.74, 6) is -2.63. The van der Waals surface area contributed by atoms with E-state index >= 15 is 0 Å². The monoisotopic (exact) mass is 192 g/mol. The third-order valence-corrected chi connectivity index (χ3v) is 1.55. The fourth-order valence-corrected chi connectivity index (χ4v) is 0.961. The van der Waals surface area contributed by atoms with Gasteiger partial charge in [0.2, 0.25) is 5.78 Å². The van der Waals surface area contributed by atoms with Crippen molar-refractivity contribution in [3.8, 4) is 0 Å². The molecule has 1 aliphatic rings. The van der Waals surface area contributed by atoms with E-state index in [4.69, 9.17) is 0 Å². The molecule has 0 N–H and O–H groups in total. The molecule has 1 unspecified atom stereocenters. The second-order valence-electron chi connectivity index (χ2n) is 2.60. The van der Waals surface area contributed by atoms with Crippen LogP contribution in [-0.4, -0.2) is 17.5 Å². The summed E-state index contributed by atoms with van der Waals surface area (Å²) in [6.45, 7) is 2.70. The van der Waals surface area contributed by atoms with E-state index in [0.29, 0.717) is 5.76 Å². The van der Waals surface area contributed by atoms with E-state index in [1.54, 1.807) is 6.92 Å². The van der Waals surface area contributed by atoms with E-state index in [1.807, 2.05) is 0 Å². The Kier molecular flexibility index (Phi) is 4.53. The molecule has 0 bridgehead atoms. The minimum absolute atomic E-state index is 0. The number of Topliss-reactive ketones (excluding diaryl/α,β-unsaturated/α-hetero) is 2. The predicted octanol–water partition coefficient (Wildman–Crippen LogP) is -2.66. The Morgan fingerprint density at radius 1 is 1.54 bits per heavy atom. The third-order valence-electron chi connectivity index (χ3n) is 1.55. The van der Waals surface area contributed by atoms with Crippen molar-refractivity contribution < 1.29 is 50.1 Å². The van der Waals surface area contributed by atoms with E-state index in [1.165, 1.54) is 6.08 Å². The van der Waals surface area contributed by atoms with Gasteiger partial charge in [-0.2, -0.15) is 0 Å². The summed E-state index contributed by atoms with van der Waals surface area (Å²) in [6.07, 6.45) is 1.35. The van der Waals surface area contributed by atoms with Gasteiger partial charge in [-0.3, -0.25) is 14.4 Å². The number of allylic oxidation sites excluding steroid dienone is 1. The summed E-state index contributed by atoms with van der Waals surface area (Å²) >= 11 is 0. The van der Waals surface area contributed by atoms with E-state index in [-0.39, 0.29) is 31.0 Å². The quantitative estimate of drug-likeness (QED) is 0.207. The largest absolute Gasteiger partial charge is 1.00 e. The molecule has 1 heterocycles. The van der Waals surface area contributed by atoms with Crippen LogP contribution in [0, 0.1) is 5.92 Å². The number of ketones is 2. The van der Waals surface area contributed by atoms with Crippen LogP contribution < -0.4 is 29.6 Å². The number of rotatable bonds is 2. The second kappa shape index (κ2) is 4.69. The van der Waals surface area contributed by atoms with Gasteiger partial charge in [0.05, 0.1) is 0 Å². The first kappa shape index (κ1) is 12.6. The molecule has 0 fully saturated rings. The Bertz CT molecular complexity index is 298. The molecule has 0 saturated heterocycles. The summed E-state index contributed by atoms with van der Waals surface area (Å²) in [6, 6.07) is 0. The number of ether oxygens (including phenoxy) is 1. The molecule has 0 amide bonds. The second-order valence-corrected chi connectivity index (χ2v) is 2.60. The Morgan fingerprint density at radius 2 is 2.08 bits per heavy atom. The van der Waals surface area contributed by atoms with E-state index in [9.17, 15) is 14.4 Å². The zero-order chi connectivity index (χ0) is 9.30. The number of hydrogen-bond acceptors (Lipinski definition) is 4. The van der Waals surface area contributed by atoms with Gasteiger partial charge in [-0.15, -0.1) is 0 Å². The number of esters is 1. The molecule has 0 saturated carbocycles. The van der Waals surface area contributed by atoms with Crippen molar-refractivity contribution >= 4 is 17.5 Å². The minimum atomic E-state index is -1.01. The van der Waals surface area contributed by atoms with Crippen LogP contribution in [0.2, 0.25) is 0 Å². The van der Waals surface area contributed by atoms with Gasteiger partial charge < -0.3 is 6.16 Å². The molecule has 13 heavy (non-hydrogen) atoms. The molecule has 0 aliphatic carbocycles. The first-order chi connectivity index (χ1) is 5.52. The van der Waals surface area contributed by atoms with Crippen LogP contribution in [0.5, 0.6) is 0 Å². The van der Waals surface area contributed by atoms with Crippen LogP contribution in [0.1, 0.15) is 15.3 Å². The van der Waals surface area contributed by atoms with Crippen molar-refractivity contribution in [3.05, 3.63) is 11.8 Å².